The van der Waals surface area contributed by atoms with Gasteiger partial charge in [0.1, 0.15) is 12.1 Å². The third kappa shape index (κ3) is 4.26. The van der Waals surface area contributed by atoms with Gasteiger partial charge in [0.15, 0.2) is 0 Å². The number of halogens is 2. The molecule has 4 rings (SSSR count). The van der Waals surface area contributed by atoms with E-state index in [2.05, 4.69) is 11.4 Å². The Morgan fingerprint density at radius 3 is 2.49 bits per heavy atom. The quantitative estimate of drug-likeness (QED) is 0.638. The Morgan fingerprint density at radius 1 is 1.20 bits per heavy atom. The van der Waals surface area contributed by atoms with Gasteiger partial charge in [-0.05, 0) is 36.1 Å². The van der Waals surface area contributed by atoms with Crippen LogP contribution in [0.2, 0.25) is 10.0 Å². The van der Waals surface area contributed by atoms with E-state index in [-0.39, 0.29) is 46.3 Å². The second-order valence-corrected chi connectivity index (χ2v) is 10.4. The summed E-state index contributed by atoms with van der Waals surface area (Å²) in [7, 11) is 1.54. The molecule has 2 aliphatic rings. The van der Waals surface area contributed by atoms with Gasteiger partial charge in [-0.1, -0.05) is 61.3 Å². The lowest BCUT2D eigenvalue weighted by molar-refractivity contribution is -0.136. The van der Waals surface area contributed by atoms with Crippen molar-refractivity contribution in [2.75, 3.05) is 18.9 Å². The van der Waals surface area contributed by atoms with Crippen LogP contribution in [0.1, 0.15) is 42.6 Å². The molecule has 0 aromatic heterocycles. The van der Waals surface area contributed by atoms with Crippen molar-refractivity contribution in [3.63, 3.8) is 0 Å². The van der Waals surface area contributed by atoms with Gasteiger partial charge < -0.3 is 15.1 Å². The van der Waals surface area contributed by atoms with E-state index in [0.717, 1.165) is 5.56 Å². The van der Waals surface area contributed by atoms with Crippen LogP contribution in [-0.2, 0) is 15.0 Å². The van der Waals surface area contributed by atoms with Gasteiger partial charge in [0.2, 0.25) is 11.8 Å². The summed E-state index contributed by atoms with van der Waals surface area (Å²) >= 11 is 12.5. The molecule has 9 heteroatoms. The van der Waals surface area contributed by atoms with Gasteiger partial charge in [-0.2, -0.15) is 5.26 Å². The number of amides is 3. The zero-order valence-electron chi connectivity index (χ0n) is 19.7. The fourth-order valence-electron chi connectivity index (χ4n) is 5.07. The van der Waals surface area contributed by atoms with E-state index in [4.69, 9.17) is 23.2 Å². The molecule has 182 valence electrons. The summed E-state index contributed by atoms with van der Waals surface area (Å²) in [5, 5.41) is 13.2. The minimum absolute atomic E-state index is 0.0659. The number of nitrogens with zero attached hydrogens (tertiary/aromatic N) is 3. The van der Waals surface area contributed by atoms with Crippen LogP contribution in [0, 0.1) is 17.2 Å². The number of rotatable bonds is 5. The summed E-state index contributed by atoms with van der Waals surface area (Å²) in [5.41, 5.74) is 0.610. The summed E-state index contributed by atoms with van der Waals surface area (Å²) in [4.78, 5) is 43.2. The number of anilines is 1. The number of nitriles is 1. The van der Waals surface area contributed by atoms with Gasteiger partial charge in [0, 0.05) is 25.7 Å². The van der Waals surface area contributed by atoms with Crippen LogP contribution in [0.5, 0.6) is 0 Å². The largest absolute Gasteiger partial charge is 0.330 e. The molecular formula is C26H26Cl2N4O3. The van der Waals surface area contributed by atoms with Crippen LogP contribution in [0.15, 0.2) is 42.5 Å². The lowest BCUT2D eigenvalue weighted by atomic mass is 9.80. The molecule has 0 unspecified atom stereocenters. The van der Waals surface area contributed by atoms with Crippen LogP contribution in [-0.4, -0.2) is 53.2 Å². The van der Waals surface area contributed by atoms with Gasteiger partial charge in [-0.25, -0.2) is 0 Å². The molecule has 0 aliphatic carbocycles. The van der Waals surface area contributed by atoms with Crippen LogP contribution >= 0.6 is 23.2 Å². The van der Waals surface area contributed by atoms with E-state index >= 15 is 0 Å². The first-order chi connectivity index (χ1) is 16.6. The minimum Gasteiger partial charge on any atom is -0.330 e. The summed E-state index contributed by atoms with van der Waals surface area (Å²) in [5.74, 6) is -1.00. The maximum absolute atomic E-state index is 13.9. The van der Waals surface area contributed by atoms with Gasteiger partial charge >= 0.3 is 0 Å². The van der Waals surface area contributed by atoms with Crippen molar-refractivity contribution in [3.05, 3.63) is 63.6 Å². The molecule has 2 heterocycles. The van der Waals surface area contributed by atoms with Crippen molar-refractivity contribution in [2.24, 2.45) is 5.92 Å². The Kier molecular flexibility index (Phi) is 6.81. The lowest BCUT2D eigenvalue weighted by Crippen LogP contribution is -2.52. The SMILES string of the molecule is CC(C)C[C@@H](C(=O)N1C[C@]2(C[C@H]1C#N)C(=O)Nc1ccccc12)N(C)C(=O)c1c(Cl)cccc1Cl. The second-order valence-electron chi connectivity index (χ2n) is 9.56. The smallest absolute Gasteiger partial charge is 0.257 e. The Hall–Kier alpha value is -3.08. The number of benzene rings is 2. The number of hydrogen-bond acceptors (Lipinski definition) is 4. The third-order valence-corrected chi connectivity index (χ3v) is 7.49. The fourth-order valence-corrected chi connectivity index (χ4v) is 5.63. The number of hydrogen-bond donors (Lipinski definition) is 1. The number of likely N-dealkylation sites (N-methyl/N-ethyl adjacent to an activating group) is 1. The second kappa shape index (κ2) is 9.52. The Balaban J connectivity index is 1.68. The van der Waals surface area contributed by atoms with Gasteiger partial charge in [-0.15, -0.1) is 0 Å². The van der Waals surface area contributed by atoms with Crippen molar-refractivity contribution in [1.29, 1.82) is 5.26 Å². The molecule has 2 aromatic carbocycles. The molecule has 1 saturated heterocycles. The van der Waals surface area contributed by atoms with Crippen LogP contribution < -0.4 is 5.32 Å². The number of nitrogens with one attached hydrogen (secondary N) is 1. The average Bonchev–Trinajstić information content (AvgIpc) is 3.34. The zero-order valence-corrected chi connectivity index (χ0v) is 21.2. The van der Waals surface area contributed by atoms with Crippen molar-refractivity contribution in [3.8, 4) is 6.07 Å². The molecule has 3 atom stereocenters. The van der Waals surface area contributed by atoms with Crippen molar-refractivity contribution in [1.82, 2.24) is 9.80 Å². The molecule has 1 fully saturated rings. The highest BCUT2D eigenvalue weighted by Crippen LogP contribution is 2.46. The molecule has 1 spiro atoms. The van der Waals surface area contributed by atoms with E-state index in [1.54, 1.807) is 18.2 Å². The first-order valence-corrected chi connectivity index (χ1v) is 12.2. The third-order valence-electron chi connectivity index (χ3n) is 6.86. The first-order valence-electron chi connectivity index (χ1n) is 11.4. The molecule has 2 aromatic rings. The summed E-state index contributed by atoms with van der Waals surface area (Å²) < 4.78 is 0. The Morgan fingerprint density at radius 2 is 1.86 bits per heavy atom. The fraction of sp³-hybridized carbons (Fsp3) is 0.385. The van der Waals surface area contributed by atoms with Gasteiger partial charge in [0.25, 0.3) is 5.91 Å². The summed E-state index contributed by atoms with van der Waals surface area (Å²) in [6.45, 7) is 3.97. The molecule has 35 heavy (non-hydrogen) atoms. The highest BCUT2D eigenvalue weighted by molar-refractivity contribution is 6.39. The minimum atomic E-state index is -0.996. The number of fused-ring (bicyclic) bond motifs is 2. The molecule has 0 radical (unpaired) electrons. The predicted molar refractivity (Wildman–Crippen MR) is 134 cm³/mol. The Bertz CT molecular complexity index is 1220. The highest BCUT2D eigenvalue weighted by atomic mass is 35.5. The maximum atomic E-state index is 13.9. The number of para-hydroxylation sites is 1. The van der Waals surface area contributed by atoms with E-state index in [1.165, 1.54) is 16.8 Å². The van der Waals surface area contributed by atoms with E-state index in [9.17, 15) is 19.6 Å². The molecule has 7 nitrogen and oxygen atoms in total. The van der Waals surface area contributed by atoms with Crippen LogP contribution in [0.4, 0.5) is 5.69 Å². The Labute approximate surface area is 214 Å². The number of likely N-dealkylation sites (tertiary alicyclic amines) is 1. The molecular weight excluding hydrogens is 487 g/mol. The van der Waals surface area contributed by atoms with Gasteiger partial charge in [0.05, 0.1) is 27.1 Å². The molecule has 2 aliphatic heterocycles. The monoisotopic (exact) mass is 512 g/mol. The van der Waals surface area contributed by atoms with E-state index in [0.29, 0.717) is 12.1 Å². The van der Waals surface area contributed by atoms with Crippen molar-refractivity contribution >= 4 is 46.6 Å². The average molecular weight is 513 g/mol. The van der Waals surface area contributed by atoms with Gasteiger partial charge in [-0.3, -0.25) is 14.4 Å². The van der Waals surface area contributed by atoms with Crippen LogP contribution in [0.3, 0.4) is 0 Å². The normalized spacial score (nSPS) is 21.6. The standard InChI is InChI=1S/C26H26Cl2N4O3/c1-15(2)11-21(31(3)24(34)22-18(27)8-6-9-19(22)28)23(33)32-14-26(12-16(32)13-29)17-7-4-5-10-20(17)30-25(26)35/h4-10,15-16,21H,11-12,14H2,1-3H3,(H,30,35)/t16-,21-,26-/m0/s1. The number of carbonyl (C=O) groups excluding carboxylic acids is 3. The van der Waals surface area contributed by atoms with E-state index in [1.807, 2.05) is 38.1 Å². The highest BCUT2D eigenvalue weighted by Gasteiger charge is 2.56. The number of carbonyl (C=O) groups is 3. The molecule has 0 bridgehead atoms. The lowest BCUT2D eigenvalue weighted by Gasteiger charge is -2.33. The molecule has 3 amide bonds. The van der Waals surface area contributed by atoms with Crippen LogP contribution in [0.25, 0.3) is 0 Å². The summed E-state index contributed by atoms with van der Waals surface area (Å²) in [6, 6.07) is 12.7. The molecule has 0 saturated carbocycles. The molecule has 1 N–H and O–H groups in total. The predicted octanol–water partition coefficient (Wildman–Crippen LogP) is 4.49. The maximum Gasteiger partial charge on any atom is 0.257 e. The topological polar surface area (TPSA) is 93.5 Å². The van der Waals surface area contributed by atoms with Crippen molar-refractivity contribution in [2.45, 2.75) is 44.2 Å². The first kappa shape index (κ1) is 25.0. The van der Waals surface area contributed by atoms with Crippen molar-refractivity contribution < 1.29 is 14.4 Å². The zero-order chi connectivity index (χ0) is 25.5. The summed E-state index contributed by atoms with van der Waals surface area (Å²) in [6.07, 6.45) is 0.564. The van der Waals surface area contributed by atoms with E-state index < -0.39 is 23.4 Å².